The Bertz CT molecular complexity index is 88.4. The predicted molar refractivity (Wildman–Crippen MR) is 33.5 cm³/mol. The van der Waals surface area contributed by atoms with Crippen LogP contribution in [-0.2, 0) is 0 Å². The molecule has 1 rings (SSSR count). The number of aliphatic hydroxyl groups is 1. The summed E-state index contributed by atoms with van der Waals surface area (Å²) in [4.78, 5) is 0. The zero-order valence-electron chi connectivity index (χ0n) is 5.01. The third kappa shape index (κ3) is 0.920. The average Bonchev–Trinajstić information content (AvgIpc) is 2.14. The fourth-order valence-corrected chi connectivity index (χ4v) is 1.24. The molecule has 46 valence electrons. The first-order chi connectivity index (χ1) is 3.84. The van der Waals surface area contributed by atoms with Gasteiger partial charge in [-0.3, -0.25) is 0 Å². The van der Waals surface area contributed by atoms with Crippen molar-refractivity contribution in [2.24, 2.45) is 5.92 Å². The van der Waals surface area contributed by atoms with E-state index in [4.69, 9.17) is 5.11 Å². The largest absolute Gasteiger partial charge is 0.393 e. The van der Waals surface area contributed by atoms with Crippen LogP contribution in [0.15, 0.2) is 12.7 Å². The standard InChI is InChI=1S/C7H12O/c1-2-6-4-3-5-7(6)8/h2,6-8H,1,3-5H2/t6-,7-/m1/s1. The van der Waals surface area contributed by atoms with Crippen molar-refractivity contribution in [2.45, 2.75) is 25.4 Å². The minimum atomic E-state index is -0.0903. The molecule has 0 aliphatic heterocycles. The van der Waals surface area contributed by atoms with Crippen LogP contribution in [0.2, 0.25) is 0 Å². The van der Waals surface area contributed by atoms with E-state index >= 15 is 0 Å². The van der Waals surface area contributed by atoms with Gasteiger partial charge in [0, 0.05) is 5.92 Å². The van der Waals surface area contributed by atoms with Gasteiger partial charge in [0.15, 0.2) is 0 Å². The van der Waals surface area contributed by atoms with Crippen LogP contribution in [-0.4, -0.2) is 11.2 Å². The van der Waals surface area contributed by atoms with Gasteiger partial charge in [0.05, 0.1) is 6.10 Å². The molecule has 0 unspecified atom stereocenters. The van der Waals surface area contributed by atoms with E-state index in [1.807, 2.05) is 6.08 Å². The molecule has 0 aromatic rings. The SMILES string of the molecule is C=C[C@@H]1CCC[C@H]1O. The number of hydrogen-bond donors (Lipinski definition) is 1. The van der Waals surface area contributed by atoms with Crippen LogP contribution in [0.4, 0.5) is 0 Å². The minimum Gasteiger partial charge on any atom is -0.393 e. The quantitative estimate of drug-likeness (QED) is 0.507. The van der Waals surface area contributed by atoms with Crippen LogP contribution in [0.3, 0.4) is 0 Å². The van der Waals surface area contributed by atoms with E-state index in [-0.39, 0.29) is 6.10 Å². The van der Waals surface area contributed by atoms with Gasteiger partial charge in [-0.05, 0) is 12.8 Å². The summed E-state index contributed by atoms with van der Waals surface area (Å²) in [6.07, 6.45) is 5.03. The molecule has 0 radical (unpaired) electrons. The summed E-state index contributed by atoms with van der Waals surface area (Å²) in [7, 11) is 0. The molecule has 0 aromatic carbocycles. The molecule has 0 heterocycles. The monoisotopic (exact) mass is 112 g/mol. The highest BCUT2D eigenvalue weighted by Gasteiger charge is 2.21. The Kier molecular flexibility index (Phi) is 1.69. The molecule has 1 heteroatoms. The Morgan fingerprint density at radius 1 is 1.50 bits per heavy atom. The first kappa shape index (κ1) is 5.83. The lowest BCUT2D eigenvalue weighted by Gasteiger charge is -2.06. The smallest absolute Gasteiger partial charge is 0.0602 e. The summed E-state index contributed by atoms with van der Waals surface area (Å²) < 4.78 is 0. The van der Waals surface area contributed by atoms with E-state index in [9.17, 15) is 0 Å². The van der Waals surface area contributed by atoms with Gasteiger partial charge in [-0.1, -0.05) is 12.5 Å². The molecular formula is C7H12O. The van der Waals surface area contributed by atoms with Crippen molar-refractivity contribution >= 4 is 0 Å². The lowest BCUT2D eigenvalue weighted by molar-refractivity contribution is 0.153. The molecule has 0 saturated heterocycles. The summed E-state index contributed by atoms with van der Waals surface area (Å²) in [5.41, 5.74) is 0. The second-order valence-corrected chi connectivity index (χ2v) is 2.40. The normalized spacial score (nSPS) is 37.6. The fourth-order valence-electron chi connectivity index (χ4n) is 1.24. The van der Waals surface area contributed by atoms with Crippen LogP contribution >= 0.6 is 0 Å². The van der Waals surface area contributed by atoms with Crippen molar-refractivity contribution in [3.05, 3.63) is 12.7 Å². The third-order valence-electron chi connectivity index (χ3n) is 1.83. The Morgan fingerprint density at radius 3 is 2.50 bits per heavy atom. The molecule has 1 aliphatic rings. The molecular weight excluding hydrogens is 100 g/mol. The molecule has 2 atom stereocenters. The van der Waals surface area contributed by atoms with Gasteiger partial charge in [0.1, 0.15) is 0 Å². The van der Waals surface area contributed by atoms with Crippen LogP contribution < -0.4 is 0 Å². The second kappa shape index (κ2) is 2.31. The molecule has 1 N–H and O–H groups in total. The number of aliphatic hydroxyl groups excluding tert-OH is 1. The van der Waals surface area contributed by atoms with Gasteiger partial charge < -0.3 is 5.11 Å². The van der Waals surface area contributed by atoms with Gasteiger partial charge in [0.25, 0.3) is 0 Å². The summed E-state index contributed by atoms with van der Waals surface area (Å²) in [6.45, 7) is 3.63. The van der Waals surface area contributed by atoms with Crippen molar-refractivity contribution in [1.29, 1.82) is 0 Å². The topological polar surface area (TPSA) is 20.2 Å². The maximum atomic E-state index is 9.12. The third-order valence-corrected chi connectivity index (χ3v) is 1.83. The van der Waals surface area contributed by atoms with Crippen LogP contribution in [0.25, 0.3) is 0 Å². The second-order valence-electron chi connectivity index (χ2n) is 2.40. The summed E-state index contributed by atoms with van der Waals surface area (Å²) in [6, 6.07) is 0. The van der Waals surface area contributed by atoms with E-state index < -0.39 is 0 Å². The molecule has 1 aliphatic carbocycles. The van der Waals surface area contributed by atoms with Crippen molar-refractivity contribution < 1.29 is 5.11 Å². The predicted octanol–water partition coefficient (Wildman–Crippen LogP) is 1.33. The minimum absolute atomic E-state index is 0.0903. The summed E-state index contributed by atoms with van der Waals surface area (Å²) >= 11 is 0. The Hall–Kier alpha value is -0.300. The highest BCUT2D eigenvalue weighted by Crippen LogP contribution is 2.25. The average molecular weight is 112 g/mol. The molecule has 0 spiro atoms. The number of rotatable bonds is 1. The van der Waals surface area contributed by atoms with Gasteiger partial charge in [-0.2, -0.15) is 0 Å². The van der Waals surface area contributed by atoms with Crippen LogP contribution in [0.1, 0.15) is 19.3 Å². The van der Waals surface area contributed by atoms with E-state index in [0.717, 1.165) is 19.3 Å². The highest BCUT2D eigenvalue weighted by atomic mass is 16.3. The van der Waals surface area contributed by atoms with E-state index in [1.165, 1.54) is 0 Å². The highest BCUT2D eigenvalue weighted by molar-refractivity contribution is 4.88. The lowest BCUT2D eigenvalue weighted by Crippen LogP contribution is -2.09. The molecule has 0 amide bonds. The molecule has 1 nitrogen and oxygen atoms in total. The Labute approximate surface area is 50.0 Å². The van der Waals surface area contributed by atoms with Crippen LogP contribution in [0.5, 0.6) is 0 Å². The molecule has 1 fully saturated rings. The first-order valence-electron chi connectivity index (χ1n) is 3.15. The van der Waals surface area contributed by atoms with Crippen molar-refractivity contribution in [1.82, 2.24) is 0 Å². The van der Waals surface area contributed by atoms with Crippen molar-refractivity contribution in [3.8, 4) is 0 Å². The first-order valence-corrected chi connectivity index (χ1v) is 3.15. The lowest BCUT2D eigenvalue weighted by atomic mass is 10.1. The molecule has 1 saturated carbocycles. The van der Waals surface area contributed by atoms with Crippen LogP contribution in [0, 0.1) is 5.92 Å². The van der Waals surface area contributed by atoms with E-state index in [1.54, 1.807) is 0 Å². The Morgan fingerprint density at radius 2 is 2.25 bits per heavy atom. The van der Waals surface area contributed by atoms with Gasteiger partial charge in [-0.15, -0.1) is 6.58 Å². The van der Waals surface area contributed by atoms with E-state index in [0.29, 0.717) is 5.92 Å². The molecule has 8 heavy (non-hydrogen) atoms. The van der Waals surface area contributed by atoms with Gasteiger partial charge >= 0.3 is 0 Å². The fraction of sp³-hybridized carbons (Fsp3) is 0.714. The van der Waals surface area contributed by atoms with Crippen molar-refractivity contribution in [2.75, 3.05) is 0 Å². The zero-order chi connectivity index (χ0) is 5.98. The van der Waals surface area contributed by atoms with Crippen molar-refractivity contribution in [3.63, 3.8) is 0 Å². The number of hydrogen-bond acceptors (Lipinski definition) is 1. The van der Waals surface area contributed by atoms with Gasteiger partial charge in [0.2, 0.25) is 0 Å². The summed E-state index contributed by atoms with van der Waals surface area (Å²) in [5, 5.41) is 9.12. The maximum Gasteiger partial charge on any atom is 0.0602 e. The van der Waals surface area contributed by atoms with Gasteiger partial charge in [-0.25, -0.2) is 0 Å². The maximum absolute atomic E-state index is 9.12. The Balaban J connectivity index is 2.41. The zero-order valence-corrected chi connectivity index (χ0v) is 5.01. The molecule has 0 bridgehead atoms. The molecule has 0 aromatic heterocycles. The van der Waals surface area contributed by atoms with E-state index in [2.05, 4.69) is 6.58 Å². The summed E-state index contributed by atoms with van der Waals surface area (Å²) in [5.74, 6) is 0.384.